The lowest BCUT2D eigenvalue weighted by atomic mass is 10.4. The molecule has 0 aliphatic carbocycles. The molecule has 0 bridgehead atoms. The van der Waals surface area contributed by atoms with E-state index in [4.69, 9.17) is 4.74 Å². The number of rotatable bonds is 4. The number of hydrogen-bond acceptors (Lipinski definition) is 3. The van der Waals surface area contributed by atoms with Crippen molar-refractivity contribution in [1.82, 2.24) is 0 Å². The Balaban J connectivity index is 5.01. The molecule has 0 spiro atoms. The third-order valence-corrected chi connectivity index (χ3v) is 3.04. The van der Waals surface area contributed by atoms with E-state index in [1.165, 1.54) is 13.2 Å². The van der Waals surface area contributed by atoms with Gasteiger partial charge in [-0.15, -0.1) is 0 Å². The Kier molecular flexibility index (Phi) is 4.80. The number of methoxy groups -OCH3 is 1. The molecule has 7 heteroatoms. The molecule has 0 aromatic heterocycles. The van der Waals surface area contributed by atoms with Crippen molar-refractivity contribution in [2.45, 2.75) is 12.4 Å². The van der Waals surface area contributed by atoms with Crippen LogP contribution in [0, 0.1) is 0 Å². The maximum Gasteiger partial charge on any atom is 0.501 e. The van der Waals surface area contributed by atoms with Crippen LogP contribution in [0.3, 0.4) is 0 Å². The summed E-state index contributed by atoms with van der Waals surface area (Å²) in [6.45, 7) is 4.44. The van der Waals surface area contributed by atoms with E-state index in [-0.39, 0.29) is 5.76 Å². The Morgan fingerprint density at radius 2 is 1.81 bits per heavy atom. The number of halogens is 3. The third kappa shape index (κ3) is 3.41. The Morgan fingerprint density at radius 1 is 1.31 bits per heavy atom. The number of sulfone groups is 1. The van der Waals surface area contributed by atoms with E-state index in [1.807, 2.05) is 0 Å². The maximum atomic E-state index is 12.0. The van der Waals surface area contributed by atoms with Crippen LogP contribution in [0.2, 0.25) is 0 Å². The Hall–Kier alpha value is -1.24. The fourth-order valence-corrected chi connectivity index (χ4v) is 1.24. The summed E-state index contributed by atoms with van der Waals surface area (Å²) in [5.41, 5.74) is -5.34. The van der Waals surface area contributed by atoms with Crippen LogP contribution in [0.25, 0.3) is 0 Å². The van der Waals surface area contributed by atoms with Gasteiger partial charge in [0.1, 0.15) is 5.76 Å². The second-order valence-electron chi connectivity index (χ2n) is 2.64. The van der Waals surface area contributed by atoms with Gasteiger partial charge in [0.15, 0.2) is 0 Å². The predicted molar refractivity (Wildman–Crippen MR) is 54.0 cm³/mol. The summed E-state index contributed by atoms with van der Waals surface area (Å²) in [6.07, 6.45) is 3.29. The summed E-state index contributed by atoms with van der Waals surface area (Å²) in [7, 11) is -4.05. The minimum Gasteiger partial charge on any atom is -0.497 e. The van der Waals surface area contributed by atoms with Gasteiger partial charge in [-0.25, -0.2) is 8.42 Å². The van der Waals surface area contributed by atoms with Crippen molar-refractivity contribution >= 4 is 9.84 Å². The van der Waals surface area contributed by atoms with Gasteiger partial charge in [0, 0.05) is 0 Å². The van der Waals surface area contributed by atoms with Gasteiger partial charge < -0.3 is 4.74 Å². The predicted octanol–water partition coefficient (Wildman–Crippen LogP) is 2.54. The first-order chi connectivity index (χ1) is 7.16. The molecule has 0 fully saturated rings. The van der Waals surface area contributed by atoms with Crippen LogP contribution >= 0.6 is 0 Å². The molecule has 3 nitrogen and oxygen atoms in total. The van der Waals surface area contributed by atoms with Crippen molar-refractivity contribution in [3.63, 3.8) is 0 Å². The van der Waals surface area contributed by atoms with Crippen LogP contribution in [-0.2, 0) is 14.6 Å². The van der Waals surface area contributed by atoms with Gasteiger partial charge in [-0.3, -0.25) is 0 Å². The molecule has 0 saturated heterocycles. The van der Waals surface area contributed by atoms with Crippen molar-refractivity contribution in [1.29, 1.82) is 0 Å². The van der Waals surface area contributed by atoms with Gasteiger partial charge in [-0.1, -0.05) is 6.58 Å². The van der Waals surface area contributed by atoms with Crippen molar-refractivity contribution in [2.75, 3.05) is 7.11 Å². The van der Waals surface area contributed by atoms with E-state index in [9.17, 15) is 21.6 Å². The quantitative estimate of drug-likeness (QED) is 0.573. The van der Waals surface area contributed by atoms with Gasteiger partial charge in [-0.05, 0) is 25.2 Å². The molecule has 0 rings (SSSR count). The van der Waals surface area contributed by atoms with Crippen molar-refractivity contribution in [3.8, 4) is 0 Å². The highest BCUT2D eigenvalue weighted by Crippen LogP contribution is 2.29. The van der Waals surface area contributed by atoms with Crippen LogP contribution in [0.1, 0.15) is 6.92 Å². The van der Waals surface area contributed by atoms with Crippen molar-refractivity contribution in [3.05, 3.63) is 35.5 Å². The van der Waals surface area contributed by atoms with Gasteiger partial charge in [0.25, 0.3) is 9.84 Å². The second-order valence-corrected chi connectivity index (χ2v) is 4.64. The molecule has 92 valence electrons. The molecule has 0 aliphatic heterocycles. The zero-order valence-corrected chi connectivity index (χ0v) is 9.52. The maximum absolute atomic E-state index is 12.0. The first-order valence-electron chi connectivity index (χ1n) is 4.05. The topological polar surface area (TPSA) is 43.4 Å². The van der Waals surface area contributed by atoms with Gasteiger partial charge in [-0.2, -0.15) is 13.2 Å². The summed E-state index contributed by atoms with van der Waals surface area (Å²) in [6, 6.07) is 0. The lowest BCUT2D eigenvalue weighted by Crippen LogP contribution is -2.23. The Bertz CT molecular complexity index is 416. The highest BCUT2D eigenvalue weighted by atomic mass is 32.2. The standard InChI is InChI=1S/C9H11F3O3S/c1-4-8(15-3)6-5-7(2)16(13,14)9(10,11)12/h4-6H,2H2,1,3H3/b6-5-,8-4+. The first-order valence-corrected chi connectivity index (χ1v) is 5.53. The SMILES string of the molecule is C=C(/C=C\C(=C/C)OC)S(=O)(=O)C(F)(F)F. The highest BCUT2D eigenvalue weighted by Gasteiger charge is 2.46. The number of ether oxygens (including phenoxy) is 1. The molecule has 16 heavy (non-hydrogen) atoms. The van der Waals surface area contributed by atoms with Gasteiger partial charge in [0.2, 0.25) is 0 Å². The smallest absolute Gasteiger partial charge is 0.497 e. The molecule has 0 aliphatic rings. The van der Waals surface area contributed by atoms with Crippen LogP contribution in [0.15, 0.2) is 35.5 Å². The molecule has 0 atom stereocenters. The fraction of sp³-hybridized carbons (Fsp3) is 0.333. The first kappa shape index (κ1) is 14.8. The molecule has 0 saturated carbocycles. The minimum absolute atomic E-state index is 0.235. The van der Waals surface area contributed by atoms with E-state index in [0.29, 0.717) is 0 Å². The van der Waals surface area contributed by atoms with Crippen LogP contribution in [0.5, 0.6) is 0 Å². The average molecular weight is 256 g/mol. The van der Waals surface area contributed by atoms with E-state index >= 15 is 0 Å². The Labute approximate surface area is 91.8 Å². The number of hydrogen-bond donors (Lipinski definition) is 0. The molecular weight excluding hydrogens is 245 g/mol. The van der Waals surface area contributed by atoms with Gasteiger partial charge in [0.05, 0.1) is 12.0 Å². The molecule has 0 amide bonds. The second kappa shape index (κ2) is 5.20. The van der Waals surface area contributed by atoms with Gasteiger partial charge >= 0.3 is 5.51 Å². The summed E-state index contributed by atoms with van der Waals surface area (Å²) in [5.74, 6) is 0.235. The molecule has 0 unspecified atom stereocenters. The highest BCUT2D eigenvalue weighted by molar-refractivity contribution is 7.96. The third-order valence-electron chi connectivity index (χ3n) is 1.60. The van der Waals surface area contributed by atoms with Crippen LogP contribution in [0.4, 0.5) is 13.2 Å². The molecule has 0 aromatic carbocycles. The summed E-state index contributed by atoms with van der Waals surface area (Å²) in [5, 5.41) is 0. The zero-order valence-electron chi connectivity index (χ0n) is 8.71. The average Bonchev–Trinajstić information content (AvgIpc) is 2.17. The molecule has 0 radical (unpaired) electrons. The summed E-state index contributed by atoms with van der Waals surface area (Å²) in [4.78, 5) is -1.03. The minimum atomic E-state index is -5.35. The van der Waals surface area contributed by atoms with E-state index in [2.05, 4.69) is 6.58 Å². The normalized spacial score (nSPS) is 14.2. The lowest BCUT2D eigenvalue weighted by molar-refractivity contribution is -0.0425. The summed E-state index contributed by atoms with van der Waals surface area (Å²) >= 11 is 0. The van der Waals surface area contributed by atoms with Crippen LogP contribution in [-0.4, -0.2) is 21.0 Å². The van der Waals surface area contributed by atoms with Crippen molar-refractivity contribution < 1.29 is 26.3 Å². The summed E-state index contributed by atoms with van der Waals surface area (Å²) < 4.78 is 62.4. The van der Waals surface area contributed by atoms with Crippen molar-refractivity contribution in [2.24, 2.45) is 0 Å². The van der Waals surface area contributed by atoms with E-state index < -0.39 is 20.3 Å². The zero-order chi connectivity index (χ0) is 13.0. The van der Waals surface area contributed by atoms with E-state index in [0.717, 1.165) is 12.2 Å². The largest absolute Gasteiger partial charge is 0.501 e. The molecule has 0 aromatic rings. The molecule has 0 N–H and O–H groups in total. The fourth-order valence-electron chi connectivity index (χ4n) is 0.695. The lowest BCUT2D eigenvalue weighted by Gasteiger charge is -2.07. The van der Waals surface area contributed by atoms with Crippen LogP contribution < -0.4 is 0 Å². The molecular formula is C9H11F3O3S. The molecule has 0 heterocycles. The monoisotopic (exact) mass is 256 g/mol. The number of alkyl halides is 3. The van der Waals surface area contributed by atoms with E-state index in [1.54, 1.807) is 6.92 Å². The Morgan fingerprint density at radius 3 is 2.12 bits per heavy atom. The number of allylic oxidation sites excluding steroid dienone is 3.